The van der Waals surface area contributed by atoms with Crippen LogP contribution in [0.4, 0.5) is 0 Å². The molecule has 0 amide bonds. The molecule has 0 aromatic carbocycles. The van der Waals surface area contributed by atoms with Gasteiger partial charge in [-0.3, -0.25) is 0 Å². The summed E-state index contributed by atoms with van der Waals surface area (Å²) in [5.74, 6) is 0.280. The Morgan fingerprint density at radius 2 is 1.93 bits per heavy atom. The van der Waals surface area contributed by atoms with Crippen molar-refractivity contribution in [1.82, 2.24) is 4.90 Å². The van der Waals surface area contributed by atoms with Crippen LogP contribution in [0.15, 0.2) is 0 Å². The van der Waals surface area contributed by atoms with Gasteiger partial charge in [-0.2, -0.15) is 0 Å². The Bertz CT molecular complexity index is 271. The topological polar surface area (TPSA) is 63.4 Å². The molecule has 0 aromatic rings. The first kappa shape index (κ1) is 12.9. The van der Waals surface area contributed by atoms with Gasteiger partial charge in [0.05, 0.1) is 11.0 Å². The lowest BCUT2D eigenvalue weighted by Gasteiger charge is -2.15. The van der Waals surface area contributed by atoms with E-state index in [0.29, 0.717) is 0 Å². The van der Waals surface area contributed by atoms with Crippen LogP contribution in [0, 0.1) is 0 Å². The SMILES string of the molecule is CC(CN)S(=O)(=O)CCCN1CCCC1. The highest BCUT2D eigenvalue weighted by molar-refractivity contribution is 7.92. The summed E-state index contributed by atoms with van der Waals surface area (Å²) in [6.45, 7) is 5.09. The van der Waals surface area contributed by atoms with E-state index in [9.17, 15) is 8.42 Å². The Balaban J connectivity index is 2.23. The Hall–Kier alpha value is -0.130. The second-order valence-corrected chi connectivity index (χ2v) is 6.85. The van der Waals surface area contributed by atoms with Crippen LogP contribution in [-0.4, -0.2) is 50.5 Å². The molecule has 15 heavy (non-hydrogen) atoms. The van der Waals surface area contributed by atoms with Crippen molar-refractivity contribution in [1.29, 1.82) is 0 Å². The molecule has 0 saturated carbocycles. The smallest absolute Gasteiger partial charge is 0.154 e. The van der Waals surface area contributed by atoms with E-state index >= 15 is 0 Å². The maximum atomic E-state index is 11.6. The summed E-state index contributed by atoms with van der Waals surface area (Å²) in [5.41, 5.74) is 5.36. The molecule has 2 N–H and O–H groups in total. The molecular formula is C10H22N2O2S. The van der Waals surface area contributed by atoms with E-state index in [2.05, 4.69) is 4.90 Å². The zero-order valence-corrected chi connectivity index (χ0v) is 10.3. The summed E-state index contributed by atoms with van der Waals surface area (Å²) >= 11 is 0. The summed E-state index contributed by atoms with van der Waals surface area (Å²) in [6, 6.07) is 0. The molecule has 90 valence electrons. The highest BCUT2D eigenvalue weighted by atomic mass is 32.2. The number of rotatable bonds is 6. The standard InChI is InChI=1S/C10H22N2O2S/c1-10(9-11)15(13,14)8-4-7-12-5-2-3-6-12/h10H,2-9,11H2,1H3. The predicted molar refractivity (Wildman–Crippen MR) is 62.6 cm³/mol. The molecule has 1 saturated heterocycles. The van der Waals surface area contributed by atoms with Crippen LogP contribution in [-0.2, 0) is 9.84 Å². The molecule has 0 aromatic heterocycles. The Morgan fingerprint density at radius 1 is 1.33 bits per heavy atom. The van der Waals surface area contributed by atoms with Gasteiger partial charge in [0, 0.05) is 6.54 Å². The van der Waals surface area contributed by atoms with E-state index in [4.69, 9.17) is 5.73 Å². The van der Waals surface area contributed by atoms with E-state index < -0.39 is 15.1 Å². The van der Waals surface area contributed by atoms with Crippen LogP contribution in [0.1, 0.15) is 26.2 Å². The van der Waals surface area contributed by atoms with Crippen LogP contribution >= 0.6 is 0 Å². The van der Waals surface area contributed by atoms with Crippen molar-refractivity contribution in [3.63, 3.8) is 0 Å². The lowest BCUT2D eigenvalue weighted by atomic mass is 10.4. The van der Waals surface area contributed by atoms with Crippen molar-refractivity contribution in [2.45, 2.75) is 31.4 Å². The second-order valence-electron chi connectivity index (χ2n) is 4.32. The Kier molecular flexibility index (Phi) is 5.02. The molecule has 1 fully saturated rings. The van der Waals surface area contributed by atoms with Gasteiger partial charge < -0.3 is 10.6 Å². The first-order chi connectivity index (χ1) is 7.06. The molecule has 0 bridgehead atoms. The summed E-state index contributed by atoms with van der Waals surface area (Å²) < 4.78 is 23.3. The van der Waals surface area contributed by atoms with Gasteiger partial charge in [0.25, 0.3) is 0 Å². The first-order valence-corrected chi connectivity index (χ1v) is 7.42. The van der Waals surface area contributed by atoms with Gasteiger partial charge in [0.1, 0.15) is 0 Å². The molecule has 1 unspecified atom stereocenters. The molecule has 4 nitrogen and oxygen atoms in total. The fourth-order valence-corrected chi connectivity index (χ4v) is 3.07. The maximum absolute atomic E-state index is 11.6. The maximum Gasteiger partial charge on any atom is 0.154 e. The number of hydrogen-bond donors (Lipinski definition) is 1. The third-order valence-electron chi connectivity index (χ3n) is 3.05. The third-order valence-corrected chi connectivity index (χ3v) is 5.32. The summed E-state index contributed by atoms with van der Waals surface area (Å²) in [6.07, 6.45) is 3.25. The van der Waals surface area contributed by atoms with Gasteiger partial charge in [-0.15, -0.1) is 0 Å². The second kappa shape index (κ2) is 5.82. The molecule has 1 aliphatic heterocycles. The number of sulfone groups is 1. The lowest BCUT2D eigenvalue weighted by Crippen LogP contribution is -2.30. The molecule has 1 aliphatic rings. The van der Waals surface area contributed by atoms with E-state index in [1.807, 2.05) is 0 Å². The molecule has 5 heteroatoms. The molecule has 1 rings (SSSR count). The van der Waals surface area contributed by atoms with E-state index in [1.54, 1.807) is 6.92 Å². The number of hydrogen-bond acceptors (Lipinski definition) is 4. The summed E-state index contributed by atoms with van der Waals surface area (Å²) in [5, 5.41) is -0.393. The average Bonchev–Trinajstić information content (AvgIpc) is 2.69. The Labute approximate surface area is 92.7 Å². The van der Waals surface area contributed by atoms with Crippen LogP contribution in [0.3, 0.4) is 0 Å². The molecular weight excluding hydrogens is 212 g/mol. The Morgan fingerprint density at radius 3 is 2.47 bits per heavy atom. The molecule has 1 atom stereocenters. The van der Waals surface area contributed by atoms with Crippen molar-refractivity contribution in [3.05, 3.63) is 0 Å². The van der Waals surface area contributed by atoms with Gasteiger partial charge in [-0.05, 0) is 45.8 Å². The fourth-order valence-electron chi connectivity index (χ4n) is 1.84. The zero-order chi connectivity index (χ0) is 11.3. The van der Waals surface area contributed by atoms with Gasteiger partial charge in [0.2, 0.25) is 0 Å². The molecule has 0 aliphatic carbocycles. The van der Waals surface area contributed by atoms with Crippen molar-refractivity contribution >= 4 is 9.84 Å². The van der Waals surface area contributed by atoms with Crippen LogP contribution in [0.2, 0.25) is 0 Å². The van der Waals surface area contributed by atoms with Crippen LogP contribution in [0.25, 0.3) is 0 Å². The molecule has 1 heterocycles. The highest BCUT2D eigenvalue weighted by Gasteiger charge is 2.19. The predicted octanol–water partition coefficient (Wildman–Crippen LogP) is 0.234. The minimum Gasteiger partial charge on any atom is -0.329 e. The number of nitrogens with two attached hydrogens (primary N) is 1. The van der Waals surface area contributed by atoms with Crippen LogP contribution < -0.4 is 5.73 Å². The third kappa shape index (κ3) is 4.09. The number of nitrogens with zero attached hydrogens (tertiary/aromatic N) is 1. The van der Waals surface area contributed by atoms with Crippen molar-refractivity contribution in [2.75, 3.05) is 31.9 Å². The van der Waals surface area contributed by atoms with Gasteiger partial charge >= 0.3 is 0 Å². The monoisotopic (exact) mass is 234 g/mol. The largest absolute Gasteiger partial charge is 0.329 e. The lowest BCUT2D eigenvalue weighted by molar-refractivity contribution is 0.340. The molecule has 0 spiro atoms. The number of likely N-dealkylation sites (tertiary alicyclic amines) is 1. The average molecular weight is 234 g/mol. The fraction of sp³-hybridized carbons (Fsp3) is 1.00. The van der Waals surface area contributed by atoms with E-state index in [1.165, 1.54) is 12.8 Å². The summed E-state index contributed by atoms with van der Waals surface area (Å²) in [7, 11) is -2.95. The van der Waals surface area contributed by atoms with Gasteiger partial charge in [-0.25, -0.2) is 8.42 Å². The minimum atomic E-state index is -2.95. The molecule has 0 radical (unpaired) electrons. The summed E-state index contributed by atoms with van der Waals surface area (Å²) in [4.78, 5) is 2.34. The van der Waals surface area contributed by atoms with Gasteiger partial charge in [-0.1, -0.05) is 0 Å². The van der Waals surface area contributed by atoms with E-state index in [-0.39, 0.29) is 12.3 Å². The van der Waals surface area contributed by atoms with Crippen molar-refractivity contribution < 1.29 is 8.42 Å². The normalized spacial score (nSPS) is 20.7. The first-order valence-electron chi connectivity index (χ1n) is 5.70. The van der Waals surface area contributed by atoms with Crippen molar-refractivity contribution in [3.8, 4) is 0 Å². The minimum absolute atomic E-state index is 0.228. The van der Waals surface area contributed by atoms with E-state index in [0.717, 1.165) is 26.1 Å². The highest BCUT2D eigenvalue weighted by Crippen LogP contribution is 2.09. The van der Waals surface area contributed by atoms with Crippen LogP contribution in [0.5, 0.6) is 0 Å². The van der Waals surface area contributed by atoms with Gasteiger partial charge in [0.15, 0.2) is 9.84 Å². The van der Waals surface area contributed by atoms with Crippen molar-refractivity contribution in [2.24, 2.45) is 5.73 Å². The zero-order valence-electron chi connectivity index (χ0n) is 9.48. The quantitative estimate of drug-likeness (QED) is 0.715.